The van der Waals surface area contributed by atoms with Gasteiger partial charge in [0.15, 0.2) is 0 Å². The molecule has 0 radical (unpaired) electrons. The molecular weight excluding hydrogens is 416 g/mol. The molecular formula is C20H23ClN2O5S. The van der Waals surface area contributed by atoms with Crippen LogP contribution in [0.25, 0.3) is 0 Å². The van der Waals surface area contributed by atoms with E-state index >= 15 is 0 Å². The highest BCUT2D eigenvalue weighted by atomic mass is 35.5. The second kappa shape index (κ2) is 9.02. The van der Waals surface area contributed by atoms with Crippen LogP contribution in [0.4, 0.5) is 0 Å². The lowest BCUT2D eigenvalue weighted by Gasteiger charge is -2.32. The molecule has 2 aromatic rings. The number of piperidine rings is 1. The second-order valence-corrected chi connectivity index (χ2v) is 8.89. The SMILES string of the molecule is COc1cc(OC)cc(C(=O)N2CCC(NS(=O)(=O)c3ccc(Cl)cc3)CC2)c1. The van der Waals surface area contributed by atoms with Crippen molar-refractivity contribution >= 4 is 27.5 Å². The first-order valence-electron chi connectivity index (χ1n) is 9.12. The summed E-state index contributed by atoms with van der Waals surface area (Å²) in [6.45, 7) is 0.901. The zero-order valence-corrected chi connectivity index (χ0v) is 17.8. The van der Waals surface area contributed by atoms with Crippen molar-refractivity contribution in [2.24, 2.45) is 0 Å². The van der Waals surface area contributed by atoms with Crippen LogP contribution in [0.1, 0.15) is 23.2 Å². The minimum Gasteiger partial charge on any atom is -0.497 e. The standard InChI is InChI=1S/C20H23ClN2O5S/c1-27-17-11-14(12-18(13-17)28-2)20(24)23-9-7-16(8-10-23)22-29(25,26)19-5-3-15(21)4-6-19/h3-6,11-13,16,22H,7-10H2,1-2H3. The minimum atomic E-state index is -3.63. The van der Waals surface area contributed by atoms with Crippen molar-refractivity contribution in [3.05, 3.63) is 53.1 Å². The quantitative estimate of drug-likeness (QED) is 0.749. The van der Waals surface area contributed by atoms with E-state index in [1.807, 2.05) is 0 Å². The first-order valence-corrected chi connectivity index (χ1v) is 11.0. The summed E-state index contributed by atoms with van der Waals surface area (Å²) in [5.74, 6) is 0.942. The van der Waals surface area contributed by atoms with Crippen LogP contribution in [0.3, 0.4) is 0 Å². The fourth-order valence-corrected chi connectivity index (χ4v) is 4.65. The molecule has 1 heterocycles. The molecule has 29 heavy (non-hydrogen) atoms. The molecule has 1 aliphatic rings. The van der Waals surface area contributed by atoms with E-state index in [0.29, 0.717) is 48.0 Å². The Kier molecular flexibility index (Phi) is 6.66. The number of hydrogen-bond acceptors (Lipinski definition) is 5. The summed E-state index contributed by atoms with van der Waals surface area (Å²) in [4.78, 5) is 14.7. The summed E-state index contributed by atoms with van der Waals surface area (Å²) >= 11 is 5.82. The van der Waals surface area contributed by atoms with Gasteiger partial charge in [0.25, 0.3) is 5.91 Å². The van der Waals surface area contributed by atoms with Crippen molar-refractivity contribution in [2.45, 2.75) is 23.8 Å². The highest BCUT2D eigenvalue weighted by molar-refractivity contribution is 7.89. The predicted octanol–water partition coefficient (Wildman–Crippen LogP) is 2.94. The van der Waals surface area contributed by atoms with Gasteiger partial charge in [-0.05, 0) is 49.2 Å². The molecule has 1 aliphatic heterocycles. The van der Waals surface area contributed by atoms with Crippen molar-refractivity contribution in [1.82, 2.24) is 9.62 Å². The normalized spacial score (nSPS) is 15.2. The van der Waals surface area contributed by atoms with Crippen molar-refractivity contribution < 1.29 is 22.7 Å². The molecule has 1 amide bonds. The molecule has 156 valence electrons. The van der Waals surface area contributed by atoms with Crippen molar-refractivity contribution in [3.8, 4) is 11.5 Å². The van der Waals surface area contributed by atoms with Crippen molar-refractivity contribution in [2.75, 3.05) is 27.3 Å². The molecule has 9 heteroatoms. The number of sulfonamides is 1. The number of carbonyl (C=O) groups excluding carboxylic acids is 1. The number of nitrogens with one attached hydrogen (secondary N) is 1. The summed E-state index contributed by atoms with van der Waals surface area (Å²) in [7, 11) is -0.572. The average molecular weight is 439 g/mol. The highest BCUT2D eigenvalue weighted by Crippen LogP contribution is 2.25. The third-order valence-electron chi connectivity index (χ3n) is 4.83. The number of rotatable bonds is 6. The van der Waals surface area contributed by atoms with Crippen LogP contribution in [0, 0.1) is 0 Å². The molecule has 0 unspecified atom stereocenters. The van der Waals surface area contributed by atoms with Gasteiger partial charge in [-0.3, -0.25) is 4.79 Å². The Labute approximate surface area is 175 Å². The van der Waals surface area contributed by atoms with E-state index in [-0.39, 0.29) is 16.8 Å². The number of halogens is 1. The first kappa shape index (κ1) is 21.4. The molecule has 0 saturated carbocycles. The van der Waals surface area contributed by atoms with Gasteiger partial charge in [0.2, 0.25) is 10.0 Å². The van der Waals surface area contributed by atoms with Crippen LogP contribution in [0.15, 0.2) is 47.4 Å². The van der Waals surface area contributed by atoms with E-state index in [2.05, 4.69) is 4.72 Å². The molecule has 3 rings (SSSR count). The molecule has 0 aromatic heterocycles. The van der Waals surface area contributed by atoms with E-state index < -0.39 is 10.0 Å². The van der Waals surface area contributed by atoms with Crippen molar-refractivity contribution in [1.29, 1.82) is 0 Å². The largest absolute Gasteiger partial charge is 0.497 e. The third kappa shape index (κ3) is 5.20. The summed E-state index contributed by atoms with van der Waals surface area (Å²) in [5, 5.41) is 0.477. The Bertz CT molecular complexity index is 949. The van der Waals surface area contributed by atoms with Gasteiger partial charge in [0.05, 0.1) is 19.1 Å². The molecule has 1 fully saturated rings. The number of methoxy groups -OCH3 is 2. The molecule has 1 saturated heterocycles. The topological polar surface area (TPSA) is 84.9 Å². The number of benzene rings is 2. The zero-order valence-electron chi connectivity index (χ0n) is 16.2. The summed E-state index contributed by atoms with van der Waals surface area (Å²) in [6.07, 6.45) is 1.05. The smallest absolute Gasteiger partial charge is 0.254 e. The highest BCUT2D eigenvalue weighted by Gasteiger charge is 2.27. The van der Waals surface area contributed by atoms with Gasteiger partial charge in [-0.15, -0.1) is 0 Å². The maximum absolute atomic E-state index is 12.8. The molecule has 0 spiro atoms. The zero-order chi connectivity index (χ0) is 21.0. The summed E-state index contributed by atoms with van der Waals surface area (Å²) < 4.78 is 38.2. The number of ether oxygens (including phenoxy) is 2. The number of nitrogens with zero attached hydrogens (tertiary/aromatic N) is 1. The van der Waals surface area contributed by atoms with E-state index in [4.69, 9.17) is 21.1 Å². The number of carbonyl (C=O) groups is 1. The van der Waals surface area contributed by atoms with Crippen LogP contribution in [0.2, 0.25) is 5.02 Å². The van der Waals surface area contributed by atoms with Crippen LogP contribution in [0.5, 0.6) is 11.5 Å². The minimum absolute atomic E-state index is 0.138. The predicted molar refractivity (Wildman–Crippen MR) is 110 cm³/mol. The van der Waals surface area contributed by atoms with Crippen LogP contribution >= 0.6 is 11.6 Å². The monoisotopic (exact) mass is 438 g/mol. The second-order valence-electron chi connectivity index (χ2n) is 6.74. The summed E-state index contributed by atoms with van der Waals surface area (Å²) in [6, 6.07) is 10.8. The van der Waals surface area contributed by atoms with Crippen molar-refractivity contribution in [3.63, 3.8) is 0 Å². The van der Waals surface area contributed by atoms with Gasteiger partial charge in [-0.2, -0.15) is 0 Å². The Hall–Kier alpha value is -2.29. The molecule has 2 aromatic carbocycles. The molecule has 0 aliphatic carbocycles. The lowest BCUT2D eigenvalue weighted by Crippen LogP contribution is -2.46. The number of likely N-dealkylation sites (tertiary alicyclic amines) is 1. The maximum atomic E-state index is 12.8. The Balaban J connectivity index is 1.63. The van der Waals surface area contributed by atoms with E-state index in [0.717, 1.165) is 0 Å². The van der Waals surface area contributed by atoms with Gasteiger partial charge in [0, 0.05) is 35.8 Å². The van der Waals surface area contributed by atoms with E-state index in [1.165, 1.54) is 26.4 Å². The molecule has 7 nitrogen and oxygen atoms in total. The third-order valence-corrected chi connectivity index (χ3v) is 6.61. The molecule has 1 N–H and O–H groups in total. The van der Waals surface area contributed by atoms with E-state index in [9.17, 15) is 13.2 Å². The molecule has 0 atom stereocenters. The van der Waals surface area contributed by atoms with Gasteiger partial charge in [0.1, 0.15) is 11.5 Å². The van der Waals surface area contributed by atoms with Gasteiger partial charge in [-0.25, -0.2) is 13.1 Å². The fraction of sp³-hybridized carbons (Fsp3) is 0.350. The number of hydrogen-bond donors (Lipinski definition) is 1. The van der Waals surface area contributed by atoms with Gasteiger partial charge < -0.3 is 14.4 Å². The lowest BCUT2D eigenvalue weighted by atomic mass is 10.0. The Morgan fingerprint density at radius 2 is 1.59 bits per heavy atom. The maximum Gasteiger partial charge on any atom is 0.254 e. The van der Waals surface area contributed by atoms with Crippen LogP contribution in [-0.4, -0.2) is 52.6 Å². The fourth-order valence-electron chi connectivity index (χ4n) is 3.22. The number of amides is 1. The van der Waals surface area contributed by atoms with Gasteiger partial charge in [-0.1, -0.05) is 11.6 Å². The van der Waals surface area contributed by atoms with Gasteiger partial charge >= 0.3 is 0 Å². The summed E-state index contributed by atoms with van der Waals surface area (Å²) in [5.41, 5.74) is 0.474. The van der Waals surface area contributed by atoms with E-state index in [1.54, 1.807) is 35.2 Å². The molecule has 0 bridgehead atoms. The Morgan fingerprint density at radius 1 is 1.03 bits per heavy atom. The van der Waals surface area contributed by atoms with Crippen LogP contribution in [-0.2, 0) is 10.0 Å². The average Bonchev–Trinajstić information content (AvgIpc) is 2.73. The lowest BCUT2D eigenvalue weighted by molar-refractivity contribution is 0.0710. The van der Waals surface area contributed by atoms with Crippen LogP contribution < -0.4 is 14.2 Å². The Morgan fingerprint density at radius 3 is 2.10 bits per heavy atom. The first-order chi connectivity index (χ1) is 13.8.